The first-order valence-electron chi connectivity index (χ1n) is 8.01. The Balaban J connectivity index is 2.08. The number of amides is 1. The van der Waals surface area contributed by atoms with Crippen LogP contribution in [0.4, 0.5) is 0 Å². The first kappa shape index (κ1) is 17.6. The Labute approximate surface area is 147 Å². The van der Waals surface area contributed by atoms with Crippen molar-refractivity contribution in [2.24, 2.45) is 0 Å². The van der Waals surface area contributed by atoms with Gasteiger partial charge in [0.05, 0.1) is 24.2 Å². The van der Waals surface area contributed by atoms with Gasteiger partial charge in [0.1, 0.15) is 17.2 Å². The highest BCUT2D eigenvalue weighted by Crippen LogP contribution is 2.24. The van der Waals surface area contributed by atoms with Crippen molar-refractivity contribution in [3.63, 3.8) is 0 Å². The van der Waals surface area contributed by atoms with Crippen LogP contribution in [0.15, 0.2) is 10.2 Å². The monoisotopic (exact) mass is 365 g/mol. The summed E-state index contributed by atoms with van der Waals surface area (Å²) >= 11 is 1.13. The smallest absolute Gasteiger partial charge is 0.337 e. The van der Waals surface area contributed by atoms with Gasteiger partial charge >= 0.3 is 5.97 Å². The summed E-state index contributed by atoms with van der Waals surface area (Å²) in [6.45, 7) is 5.54. The molecule has 134 valence electrons. The van der Waals surface area contributed by atoms with Crippen molar-refractivity contribution < 1.29 is 19.4 Å². The lowest BCUT2D eigenvalue weighted by molar-refractivity contribution is -0.136. The van der Waals surface area contributed by atoms with Gasteiger partial charge in [0.2, 0.25) is 5.91 Å². The summed E-state index contributed by atoms with van der Waals surface area (Å²) in [5.74, 6) is -0.961. The Hall–Kier alpha value is -2.26. The molecule has 2 aromatic heterocycles. The zero-order valence-electron chi connectivity index (χ0n) is 14.0. The van der Waals surface area contributed by atoms with Crippen LogP contribution in [0.1, 0.15) is 35.9 Å². The van der Waals surface area contributed by atoms with Crippen molar-refractivity contribution in [3.8, 4) is 0 Å². The number of thiophene rings is 1. The average molecular weight is 365 g/mol. The molecule has 3 heterocycles. The Kier molecular flexibility index (Phi) is 4.87. The van der Waals surface area contributed by atoms with Crippen molar-refractivity contribution in [2.45, 2.75) is 26.3 Å². The number of hydrogen-bond donors (Lipinski definition) is 1. The molecule has 9 heteroatoms. The summed E-state index contributed by atoms with van der Waals surface area (Å²) in [6.07, 6.45) is 0. The molecule has 0 aliphatic carbocycles. The number of carbonyl (C=O) groups excluding carboxylic acids is 1. The molecule has 0 saturated carbocycles. The van der Waals surface area contributed by atoms with Crippen LogP contribution in [0.3, 0.4) is 0 Å². The number of morpholine rings is 1. The van der Waals surface area contributed by atoms with Gasteiger partial charge in [-0.3, -0.25) is 14.2 Å². The van der Waals surface area contributed by atoms with E-state index in [1.165, 1.54) is 9.95 Å². The van der Waals surface area contributed by atoms with Crippen molar-refractivity contribution in [1.82, 2.24) is 14.5 Å². The third-order valence-electron chi connectivity index (χ3n) is 4.13. The first-order valence-corrected chi connectivity index (χ1v) is 8.89. The fraction of sp³-hybridized carbons (Fsp3) is 0.500. The molecule has 1 aliphatic rings. The average Bonchev–Trinajstić information content (AvgIpc) is 3.02. The van der Waals surface area contributed by atoms with E-state index in [-0.39, 0.29) is 29.3 Å². The topological polar surface area (TPSA) is 102 Å². The second-order valence-electron chi connectivity index (χ2n) is 6.14. The first-order chi connectivity index (χ1) is 11.9. The molecule has 25 heavy (non-hydrogen) atoms. The summed E-state index contributed by atoms with van der Waals surface area (Å²) < 4.78 is 6.55. The van der Waals surface area contributed by atoms with Crippen LogP contribution in [0, 0.1) is 0 Å². The van der Waals surface area contributed by atoms with Crippen molar-refractivity contribution in [3.05, 3.63) is 27.1 Å². The van der Waals surface area contributed by atoms with E-state index < -0.39 is 11.5 Å². The predicted molar refractivity (Wildman–Crippen MR) is 92.3 cm³/mol. The third-order valence-corrected chi connectivity index (χ3v) is 5.00. The minimum atomic E-state index is -1.17. The highest BCUT2D eigenvalue weighted by atomic mass is 32.1. The van der Waals surface area contributed by atoms with E-state index in [1.54, 1.807) is 4.90 Å². The van der Waals surface area contributed by atoms with Crippen LogP contribution in [0.25, 0.3) is 10.2 Å². The van der Waals surface area contributed by atoms with Crippen LogP contribution in [0.2, 0.25) is 0 Å². The van der Waals surface area contributed by atoms with Crippen molar-refractivity contribution >= 4 is 33.4 Å². The third kappa shape index (κ3) is 3.29. The normalized spacial score (nSPS) is 15.1. The molecule has 1 aliphatic heterocycles. The number of rotatable bonds is 4. The molecule has 1 amide bonds. The minimum absolute atomic E-state index is 0.0664. The molecular formula is C16H19N3O5S. The Morgan fingerprint density at radius 1 is 1.36 bits per heavy atom. The van der Waals surface area contributed by atoms with Crippen molar-refractivity contribution in [2.75, 3.05) is 26.3 Å². The molecule has 1 fully saturated rings. The number of fused-ring (bicyclic) bond motifs is 1. The van der Waals surface area contributed by atoms with Gasteiger partial charge in [0.15, 0.2) is 0 Å². The Morgan fingerprint density at radius 2 is 2.04 bits per heavy atom. The number of carbonyl (C=O) groups is 2. The maximum Gasteiger partial charge on any atom is 0.337 e. The SMILES string of the molecule is CC(C)c1nc2scc(C(=O)O)c2c(=O)n1CC(=O)N1CCOCC1. The summed E-state index contributed by atoms with van der Waals surface area (Å²) in [4.78, 5) is 43.4. The maximum absolute atomic E-state index is 12.9. The molecule has 0 bridgehead atoms. The van der Waals surface area contributed by atoms with Gasteiger partial charge in [0.25, 0.3) is 5.56 Å². The van der Waals surface area contributed by atoms with Gasteiger partial charge in [-0.2, -0.15) is 0 Å². The fourth-order valence-corrected chi connectivity index (χ4v) is 3.75. The van der Waals surface area contributed by atoms with E-state index in [2.05, 4.69) is 4.98 Å². The van der Waals surface area contributed by atoms with Crippen molar-refractivity contribution in [1.29, 1.82) is 0 Å². The molecule has 3 rings (SSSR count). The number of aromatic carboxylic acids is 1. The van der Waals surface area contributed by atoms with Gasteiger partial charge in [-0.25, -0.2) is 9.78 Å². The fourth-order valence-electron chi connectivity index (χ4n) is 2.84. The summed E-state index contributed by atoms with van der Waals surface area (Å²) in [5, 5.41) is 10.8. The number of ether oxygens (including phenoxy) is 1. The molecule has 0 aromatic carbocycles. The summed E-state index contributed by atoms with van der Waals surface area (Å²) in [5.41, 5.74) is -0.547. The molecule has 0 unspecified atom stereocenters. The van der Waals surface area contributed by atoms with Gasteiger partial charge in [-0.1, -0.05) is 13.8 Å². The number of nitrogens with zero attached hydrogens (tertiary/aromatic N) is 3. The van der Waals surface area contributed by atoms with Gasteiger partial charge in [-0.05, 0) is 0 Å². The van der Waals surface area contributed by atoms with Crippen LogP contribution in [-0.2, 0) is 16.1 Å². The van der Waals surface area contributed by atoms with E-state index in [9.17, 15) is 19.5 Å². The zero-order valence-corrected chi connectivity index (χ0v) is 14.8. The largest absolute Gasteiger partial charge is 0.478 e. The second-order valence-corrected chi connectivity index (χ2v) is 7.00. The van der Waals surface area contributed by atoms with Crippen LogP contribution < -0.4 is 5.56 Å². The number of carboxylic acid groups (broad SMARTS) is 1. The second kappa shape index (κ2) is 6.93. The molecule has 0 radical (unpaired) electrons. The van der Waals surface area contributed by atoms with Crippen LogP contribution >= 0.6 is 11.3 Å². The van der Waals surface area contributed by atoms with Crippen LogP contribution in [0.5, 0.6) is 0 Å². The number of hydrogen-bond acceptors (Lipinski definition) is 6. The Bertz CT molecular complexity index is 880. The molecule has 0 atom stereocenters. The van der Waals surface area contributed by atoms with Gasteiger partial charge in [0, 0.05) is 24.4 Å². The minimum Gasteiger partial charge on any atom is -0.478 e. The molecule has 8 nitrogen and oxygen atoms in total. The van der Waals surface area contributed by atoms with E-state index in [4.69, 9.17) is 4.74 Å². The standard InChI is InChI=1S/C16H19N3O5S/c1-9(2)13-17-14-12(10(8-25-14)16(22)23)15(21)19(13)7-11(20)18-3-5-24-6-4-18/h8-9H,3-7H2,1-2H3,(H,22,23). The zero-order chi connectivity index (χ0) is 18.1. The van der Waals surface area contributed by atoms with E-state index in [1.807, 2.05) is 13.8 Å². The number of aromatic nitrogens is 2. The predicted octanol–water partition coefficient (Wildman–Crippen LogP) is 1.14. The molecular weight excluding hydrogens is 346 g/mol. The van der Waals surface area contributed by atoms with Gasteiger partial charge < -0.3 is 14.7 Å². The molecule has 0 spiro atoms. The van der Waals surface area contributed by atoms with Crippen LogP contribution in [-0.4, -0.2) is 57.7 Å². The van der Waals surface area contributed by atoms with E-state index in [0.29, 0.717) is 37.0 Å². The lowest BCUT2D eigenvalue weighted by atomic mass is 10.1. The highest BCUT2D eigenvalue weighted by molar-refractivity contribution is 7.17. The quantitative estimate of drug-likeness (QED) is 0.872. The summed E-state index contributed by atoms with van der Waals surface area (Å²) in [6, 6.07) is 0. The van der Waals surface area contributed by atoms with E-state index >= 15 is 0 Å². The highest BCUT2D eigenvalue weighted by Gasteiger charge is 2.24. The Morgan fingerprint density at radius 3 is 2.64 bits per heavy atom. The summed E-state index contributed by atoms with van der Waals surface area (Å²) in [7, 11) is 0. The lowest BCUT2D eigenvalue weighted by Crippen LogP contribution is -2.44. The molecule has 1 saturated heterocycles. The number of carboxylic acids is 1. The molecule has 2 aromatic rings. The lowest BCUT2D eigenvalue weighted by Gasteiger charge is -2.27. The molecule has 1 N–H and O–H groups in total. The van der Waals surface area contributed by atoms with E-state index in [0.717, 1.165) is 11.3 Å². The van der Waals surface area contributed by atoms with Gasteiger partial charge in [-0.15, -0.1) is 11.3 Å². The maximum atomic E-state index is 12.9.